The number of imidazole rings is 1. The number of hydrogen-bond acceptors (Lipinski definition) is 3. The molecule has 80 valence electrons. The average Bonchev–Trinajstić information content (AvgIpc) is 2.72. The predicted molar refractivity (Wildman–Crippen MR) is 57.2 cm³/mol. The summed E-state index contributed by atoms with van der Waals surface area (Å²) in [4.78, 5) is 9.53. The fourth-order valence-electron chi connectivity index (χ4n) is 2.32. The maximum atomic E-state index is 9.21. The Hall–Kier alpha value is -1.34. The molecule has 1 saturated heterocycles. The molecule has 0 amide bonds. The monoisotopic (exact) mass is 204 g/mol. The molecule has 0 aliphatic carbocycles. The van der Waals surface area contributed by atoms with Gasteiger partial charge in [0.1, 0.15) is 11.7 Å². The van der Waals surface area contributed by atoms with E-state index in [0.717, 1.165) is 25.3 Å². The second-order valence-corrected chi connectivity index (χ2v) is 4.25. The maximum Gasteiger partial charge on any atom is 0.123 e. The van der Waals surface area contributed by atoms with E-state index in [1.807, 2.05) is 0 Å². The third kappa shape index (κ3) is 2.18. The van der Waals surface area contributed by atoms with Gasteiger partial charge in [-0.05, 0) is 32.4 Å². The van der Waals surface area contributed by atoms with Crippen LogP contribution in [0.4, 0.5) is 0 Å². The van der Waals surface area contributed by atoms with Gasteiger partial charge in [-0.15, -0.1) is 0 Å². The number of H-pyrrole nitrogens is 1. The number of aromatic nitrogens is 2. The van der Waals surface area contributed by atoms with Gasteiger partial charge >= 0.3 is 0 Å². The molecule has 1 aliphatic rings. The number of hydrogen-bond donors (Lipinski definition) is 1. The minimum absolute atomic E-state index is 0.0808. The van der Waals surface area contributed by atoms with Crippen molar-refractivity contribution in [3.63, 3.8) is 0 Å². The Morgan fingerprint density at radius 1 is 1.73 bits per heavy atom. The fourth-order valence-corrected chi connectivity index (χ4v) is 2.32. The lowest BCUT2D eigenvalue weighted by Crippen LogP contribution is -2.35. The Labute approximate surface area is 89.9 Å². The van der Waals surface area contributed by atoms with Gasteiger partial charge in [0, 0.05) is 18.9 Å². The molecule has 2 atom stereocenters. The molecule has 4 heteroatoms. The number of aromatic amines is 1. The molecular weight excluding hydrogens is 188 g/mol. The second kappa shape index (κ2) is 4.45. The topological polar surface area (TPSA) is 55.7 Å². The first kappa shape index (κ1) is 10.2. The second-order valence-electron chi connectivity index (χ2n) is 4.25. The molecule has 0 aromatic carbocycles. The van der Waals surface area contributed by atoms with Crippen molar-refractivity contribution < 1.29 is 0 Å². The summed E-state index contributed by atoms with van der Waals surface area (Å²) >= 11 is 0. The van der Waals surface area contributed by atoms with Crippen LogP contribution in [0.5, 0.6) is 0 Å². The molecule has 2 unspecified atom stereocenters. The van der Waals surface area contributed by atoms with Crippen molar-refractivity contribution in [1.29, 1.82) is 5.26 Å². The minimum Gasteiger partial charge on any atom is -0.347 e. The van der Waals surface area contributed by atoms with E-state index in [1.54, 1.807) is 12.4 Å². The lowest BCUT2D eigenvalue weighted by Gasteiger charge is -2.31. The zero-order chi connectivity index (χ0) is 10.7. The molecule has 1 N–H and O–H groups in total. The quantitative estimate of drug-likeness (QED) is 0.791. The van der Waals surface area contributed by atoms with E-state index in [9.17, 15) is 5.26 Å². The van der Waals surface area contributed by atoms with Crippen LogP contribution in [0, 0.1) is 17.2 Å². The van der Waals surface area contributed by atoms with E-state index < -0.39 is 0 Å². The normalized spacial score (nSPS) is 24.7. The molecule has 0 bridgehead atoms. The molecule has 2 rings (SSSR count). The summed E-state index contributed by atoms with van der Waals surface area (Å²) in [6, 6.07) is 2.37. The van der Waals surface area contributed by atoms with Crippen LogP contribution in [0.2, 0.25) is 0 Å². The van der Waals surface area contributed by atoms with Crippen molar-refractivity contribution in [3.8, 4) is 6.07 Å². The molecule has 1 aromatic rings. The van der Waals surface area contributed by atoms with Crippen LogP contribution in [0.15, 0.2) is 12.4 Å². The number of nitrogens with one attached hydrogen (secondary N) is 1. The molecule has 0 spiro atoms. The van der Waals surface area contributed by atoms with Gasteiger partial charge in [-0.25, -0.2) is 4.98 Å². The predicted octanol–water partition coefficient (Wildman–Crippen LogP) is 1.36. The Bertz CT molecular complexity index is 338. The molecule has 1 aliphatic heterocycles. The summed E-state index contributed by atoms with van der Waals surface area (Å²) in [5.74, 6) is 1.15. The highest BCUT2D eigenvalue weighted by molar-refractivity contribution is 5.11. The Morgan fingerprint density at radius 2 is 2.60 bits per heavy atom. The Morgan fingerprint density at radius 3 is 3.20 bits per heavy atom. The highest BCUT2D eigenvalue weighted by Gasteiger charge is 2.28. The van der Waals surface area contributed by atoms with Crippen molar-refractivity contribution in [2.24, 2.45) is 5.92 Å². The van der Waals surface area contributed by atoms with Gasteiger partial charge in [0.15, 0.2) is 0 Å². The van der Waals surface area contributed by atoms with Crippen molar-refractivity contribution in [2.75, 3.05) is 20.1 Å². The van der Waals surface area contributed by atoms with Gasteiger partial charge in [0.25, 0.3) is 0 Å². The highest BCUT2D eigenvalue weighted by Crippen LogP contribution is 2.28. The minimum atomic E-state index is -0.0808. The molecule has 15 heavy (non-hydrogen) atoms. The van der Waals surface area contributed by atoms with E-state index in [-0.39, 0.29) is 5.92 Å². The molecule has 1 fully saturated rings. The first-order valence-electron chi connectivity index (χ1n) is 5.38. The lowest BCUT2D eigenvalue weighted by atomic mass is 9.86. The van der Waals surface area contributed by atoms with Crippen LogP contribution < -0.4 is 0 Å². The zero-order valence-corrected chi connectivity index (χ0v) is 8.98. The van der Waals surface area contributed by atoms with E-state index >= 15 is 0 Å². The Kier molecular flexibility index (Phi) is 3.02. The van der Waals surface area contributed by atoms with Crippen LogP contribution >= 0.6 is 0 Å². The van der Waals surface area contributed by atoms with E-state index in [4.69, 9.17) is 0 Å². The van der Waals surface area contributed by atoms with E-state index in [1.165, 1.54) is 6.42 Å². The van der Waals surface area contributed by atoms with Crippen LogP contribution in [-0.4, -0.2) is 35.0 Å². The molecule has 0 radical (unpaired) electrons. The lowest BCUT2D eigenvalue weighted by molar-refractivity contribution is 0.198. The standard InChI is InChI=1S/C11H16N4/c1-15-6-2-3-9(8-15)10(7-12)11-13-4-5-14-11/h4-5,9-10H,2-3,6,8H2,1H3,(H,13,14). The maximum absolute atomic E-state index is 9.21. The molecular formula is C11H16N4. The summed E-state index contributed by atoms with van der Waals surface area (Å²) in [6.07, 6.45) is 5.81. The number of nitrogens with zero attached hydrogens (tertiary/aromatic N) is 3. The molecule has 0 saturated carbocycles. The van der Waals surface area contributed by atoms with Gasteiger partial charge in [-0.3, -0.25) is 0 Å². The van der Waals surface area contributed by atoms with Crippen LogP contribution in [0.1, 0.15) is 24.6 Å². The fraction of sp³-hybridized carbons (Fsp3) is 0.636. The molecule has 2 heterocycles. The smallest absolute Gasteiger partial charge is 0.123 e. The van der Waals surface area contributed by atoms with Crippen molar-refractivity contribution in [1.82, 2.24) is 14.9 Å². The van der Waals surface area contributed by atoms with Crippen LogP contribution in [-0.2, 0) is 0 Å². The number of likely N-dealkylation sites (tertiary alicyclic amines) is 1. The number of nitriles is 1. The number of piperidine rings is 1. The summed E-state index contributed by atoms with van der Waals surface area (Å²) in [6.45, 7) is 2.14. The summed E-state index contributed by atoms with van der Waals surface area (Å²) in [5.41, 5.74) is 0. The summed E-state index contributed by atoms with van der Waals surface area (Å²) in [5, 5.41) is 9.21. The van der Waals surface area contributed by atoms with Gasteiger partial charge in [0.2, 0.25) is 0 Å². The van der Waals surface area contributed by atoms with Crippen LogP contribution in [0.25, 0.3) is 0 Å². The average molecular weight is 204 g/mol. The van der Waals surface area contributed by atoms with Crippen LogP contribution in [0.3, 0.4) is 0 Å². The van der Waals surface area contributed by atoms with Crippen molar-refractivity contribution in [3.05, 3.63) is 18.2 Å². The Balaban J connectivity index is 2.10. The summed E-state index contributed by atoms with van der Waals surface area (Å²) in [7, 11) is 2.11. The first-order valence-corrected chi connectivity index (χ1v) is 5.38. The SMILES string of the molecule is CN1CCCC(C(C#N)c2ncc[nH]2)C1. The van der Waals surface area contributed by atoms with E-state index in [0.29, 0.717) is 5.92 Å². The third-order valence-electron chi connectivity index (χ3n) is 3.09. The number of rotatable bonds is 2. The molecule has 1 aromatic heterocycles. The summed E-state index contributed by atoms with van der Waals surface area (Å²) < 4.78 is 0. The van der Waals surface area contributed by atoms with E-state index in [2.05, 4.69) is 28.0 Å². The third-order valence-corrected chi connectivity index (χ3v) is 3.09. The van der Waals surface area contributed by atoms with Crippen molar-refractivity contribution >= 4 is 0 Å². The largest absolute Gasteiger partial charge is 0.347 e. The van der Waals surface area contributed by atoms with Gasteiger partial charge in [-0.1, -0.05) is 0 Å². The highest BCUT2D eigenvalue weighted by atomic mass is 15.1. The van der Waals surface area contributed by atoms with Gasteiger partial charge in [-0.2, -0.15) is 5.26 Å². The van der Waals surface area contributed by atoms with Crippen molar-refractivity contribution in [2.45, 2.75) is 18.8 Å². The zero-order valence-electron chi connectivity index (χ0n) is 8.98. The van der Waals surface area contributed by atoms with Gasteiger partial charge in [0.05, 0.1) is 6.07 Å². The molecule has 4 nitrogen and oxygen atoms in total. The first-order chi connectivity index (χ1) is 7.31. The van der Waals surface area contributed by atoms with Gasteiger partial charge < -0.3 is 9.88 Å².